The highest BCUT2D eigenvalue weighted by Gasteiger charge is 2.36. The lowest BCUT2D eigenvalue weighted by Gasteiger charge is -2.12. The van der Waals surface area contributed by atoms with Crippen molar-refractivity contribution in [2.24, 2.45) is 0 Å². The summed E-state index contributed by atoms with van der Waals surface area (Å²) in [4.78, 5) is 36.3. The predicted octanol–water partition coefficient (Wildman–Crippen LogP) is 4.42. The molecule has 0 saturated carbocycles. The number of furan rings is 1. The second-order valence-corrected chi connectivity index (χ2v) is 8.83. The first-order valence-electron chi connectivity index (χ1n) is 10.5. The van der Waals surface area contributed by atoms with Gasteiger partial charge < -0.3 is 4.42 Å². The fraction of sp³-hybridized carbons (Fsp3) is 0.227. The van der Waals surface area contributed by atoms with Crippen molar-refractivity contribution in [3.05, 3.63) is 69.0 Å². The lowest BCUT2D eigenvalue weighted by molar-refractivity contribution is -0.142. The molecular weight excluding hydrogens is 485 g/mol. The summed E-state index contributed by atoms with van der Waals surface area (Å²) in [7, 11) is 0. The number of amides is 1. The molecule has 0 radical (unpaired) electrons. The van der Waals surface area contributed by atoms with Crippen LogP contribution in [0.15, 0.2) is 45.9 Å². The van der Waals surface area contributed by atoms with E-state index in [1.807, 2.05) is 6.92 Å². The molecule has 0 aliphatic rings. The van der Waals surface area contributed by atoms with Crippen LogP contribution in [0.2, 0.25) is 0 Å². The van der Waals surface area contributed by atoms with Crippen LogP contribution in [0.5, 0.6) is 0 Å². The van der Waals surface area contributed by atoms with E-state index in [0.717, 1.165) is 34.7 Å². The summed E-state index contributed by atoms with van der Waals surface area (Å²) in [5.41, 5.74) is 0.0822. The van der Waals surface area contributed by atoms with Crippen molar-refractivity contribution < 1.29 is 22.4 Å². The van der Waals surface area contributed by atoms with Crippen LogP contribution in [0, 0.1) is 6.92 Å². The van der Waals surface area contributed by atoms with Gasteiger partial charge in [-0.3, -0.25) is 15.0 Å². The predicted molar refractivity (Wildman–Crippen MR) is 122 cm³/mol. The maximum atomic E-state index is 13.7. The van der Waals surface area contributed by atoms with E-state index < -0.39 is 23.3 Å². The van der Waals surface area contributed by atoms with Crippen molar-refractivity contribution in [2.75, 3.05) is 5.43 Å². The second kappa shape index (κ2) is 8.34. The number of aryl methyl sites for hydroxylation is 2. The van der Waals surface area contributed by atoms with Gasteiger partial charge in [-0.1, -0.05) is 13.3 Å². The number of halogens is 3. The van der Waals surface area contributed by atoms with Crippen LogP contribution in [0.1, 0.15) is 40.1 Å². The quantitative estimate of drug-likeness (QED) is 0.381. The fourth-order valence-electron chi connectivity index (χ4n) is 3.67. The number of carbonyl (C=O) groups excluding carboxylic acids is 1. The Morgan fingerprint density at radius 1 is 1.26 bits per heavy atom. The van der Waals surface area contributed by atoms with Gasteiger partial charge in [0.1, 0.15) is 21.9 Å². The van der Waals surface area contributed by atoms with Crippen LogP contribution in [0.25, 0.3) is 27.3 Å². The molecular formula is C22H17F3N6O3S. The number of rotatable bonds is 5. The molecule has 180 valence electrons. The maximum absolute atomic E-state index is 13.7. The van der Waals surface area contributed by atoms with Gasteiger partial charge in [0.05, 0.1) is 17.8 Å². The standard InChI is InChI=1S/C22H17F3N6O3S/c1-3-5-12-8-13-20(35-12)27-11(2)30(21(13)33)29-19(32)14-10-26-31-17(22(23,24)25)9-15(28-18(14)31)16-6-4-7-34-16/h4,6-10H,3,5H2,1-2H3,(H,29,32). The van der Waals surface area contributed by atoms with Crippen LogP contribution in [0.4, 0.5) is 13.2 Å². The average molecular weight is 502 g/mol. The zero-order valence-electron chi connectivity index (χ0n) is 18.4. The Bertz CT molecular complexity index is 1630. The summed E-state index contributed by atoms with van der Waals surface area (Å²) in [6.45, 7) is 3.57. The number of aromatic nitrogens is 5. The minimum atomic E-state index is -4.78. The fourth-order valence-corrected chi connectivity index (χ4v) is 4.84. The van der Waals surface area contributed by atoms with Gasteiger partial charge in [0, 0.05) is 4.88 Å². The van der Waals surface area contributed by atoms with Crippen LogP contribution in [0.3, 0.4) is 0 Å². The molecule has 0 unspecified atom stereocenters. The summed E-state index contributed by atoms with van der Waals surface area (Å²) in [5, 5.41) is 4.08. The van der Waals surface area contributed by atoms with E-state index in [4.69, 9.17) is 4.42 Å². The zero-order valence-corrected chi connectivity index (χ0v) is 19.2. The van der Waals surface area contributed by atoms with Crippen molar-refractivity contribution in [1.29, 1.82) is 0 Å². The maximum Gasteiger partial charge on any atom is 0.433 e. The largest absolute Gasteiger partial charge is 0.463 e. The third-order valence-corrected chi connectivity index (χ3v) is 6.36. The zero-order chi connectivity index (χ0) is 24.9. The van der Waals surface area contributed by atoms with E-state index in [1.165, 1.54) is 29.7 Å². The first kappa shape index (κ1) is 22.8. The van der Waals surface area contributed by atoms with Crippen molar-refractivity contribution in [2.45, 2.75) is 32.9 Å². The molecule has 0 bridgehead atoms. The van der Waals surface area contributed by atoms with Gasteiger partial charge in [0.2, 0.25) is 0 Å². The van der Waals surface area contributed by atoms with Crippen molar-refractivity contribution in [1.82, 2.24) is 24.3 Å². The Hall–Kier alpha value is -4.00. The Balaban J connectivity index is 1.60. The smallest absolute Gasteiger partial charge is 0.433 e. The lowest BCUT2D eigenvalue weighted by atomic mass is 10.2. The van der Waals surface area contributed by atoms with Crippen molar-refractivity contribution in [3.63, 3.8) is 0 Å². The first-order valence-corrected chi connectivity index (χ1v) is 11.3. The highest BCUT2D eigenvalue weighted by molar-refractivity contribution is 7.18. The number of alkyl halides is 3. The number of fused-ring (bicyclic) bond motifs is 2. The van der Waals surface area contributed by atoms with E-state index in [9.17, 15) is 22.8 Å². The number of nitrogens with one attached hydrogen (secondary N) is 1. The average Bonchev–Trinajstić information content (AvgIpc) is 3.54. The molecule has 5 aromatic heterocycles. The molecule has 9 nitrogen and oxygen atoms in total. The van der Waals surface area contributed by atoms with Crippen LogP contribution >= 0.6 is 11.3 Å². The molecule has 0 aliphatic carbocycles. The van der Waals surface area contributed by atoms with E-state index in [2.05, 4.69) is 20.5 Å². The minimum absolute atomic E-state index is 0.0904. The Morgan fingerprint density at radius 3 is 2.74 bits per heavy atom. The molecule has 5 aromatic rings. The number of nitrogens with zero attached hydrogens (tertiary/aromatic N) is 5. The number of thiophene rings is 1. The van der Waals surface area contributed by atoms with Gasteiger partial charge in [0.25, 0.3) is 11.5 Å². The molecule has 0 atom stereocenters. The molecule has 13 heteroatoms. The van der Waals surface area contributed by atoms with Crippen molar-refractivity contribution >= 4 is 33.1 Å². The third kappa shape index (κ3) is 3.97. The highest BCUT2D eigenvalue weighted by atomic mass is 32.1. The van der Waals surface area contributed by atoms with Crippen LogP contribution in [-0.4, -0.2) is 30.2 Å². The van der Waals surface area contributed by atoms with Crippen molar-refractivity contribution in [3.8, 4) is 11.5 Å². The van der Waals surface area contributed by atoms with Gasteiger partial charge in [-0.15, -0.1) is 11.3 Å². The minimum Gasteiger partial charge on any atom is -0.463 e. The SMILES string of the molecule is CCCc1cc2c(=O)n(NC(=O)c3cnn4c(C(F)(F)F)cc(-c5ccco5)nc34)c(C)nc2s1. The normalized spacial score (nSPS) is 12.0. The van der Waals surface area contributed by atoms with E-state index in [-0.39, 0.29) is 28.5 Å². The Kier molecular flexibility index (Phi) is 5.43. The van der Waals surface area contributed by atoms with E-state index >= 15 is 0 Å². The van der Waals surface area contributed by atoms with Gasteiger partial charge in [0.15, 0.2) is 17.1 Å². The summed E-state index contributed by atoms with van der Waals surface area (Å²) >= 11 is 1.41. The Morgan fingerprint density at radius 2 is 2.06 bits per heavy atom. The monoisotopic (exact) mass is 502 g/mol. The van der Waals surface area contributed by atoms with Gasteiger partial charge >= 0.3 is 6.18 Å². The summed E-state index contributed by atoms with van der Waals surface area (Å²) in [6.07, 6.45) is -0.819. The topological polar surface area (TPSA) is 107 Å². The molecule has 1 amide bonds. The van der Waals surface area contributed by atoms with Crippen LogP contribution < -0.4 is 11.0 Å². The molecule has 0 fully saturated rings. The highest BCUT2D eigenvalue weighted by Crippen LogP contribution is 2.33. The molecule has 5 rings (SSSR count). The molecule has 0 aromatic carbocycles. The van der Waals surface area contributed by atoms with E-state index in [1.54, 1.807) is 13.0 Å². The number of hydrogen-bond acceptors (Lipinski definition) is 7. The molecule has 5 heterocycles. The number of carbonyl (C=O) groups is 1. The van der Waals surface area contributed by atoms with Gasteiger partial charge in [-0.25, -0.2) is 19.2 Å². The first-order chi connectivity index (χ1) is 16.7. The summed E-state index contributed by atoms with van der Waals surface area (Å²) in [6, 6.07) is 5.49. The molecule has 1 N–H and O–H groups in total. The van der Waals surface area contributed by atoms with Crippen LogP contribution in [-0.2, 0) is 12.6 Å². The van der Waals surface area contributed by atoms with Gasteiger partial charge in [-0.2, -0.15) is 18.3 Å². The molecule has 0 saturated heterocycles. The third-order valence-electron chi connectivity index (χ3n) is 5.27. The molecule has 35 heavy (non-hydrogen) atoms. The summed E-state index contributed by atoms with van der Waals surface area (Å²) in [5.74, 6) is -0.558. The lowest BCUT2D eigenvalue weighted by Crippen LogP contribution is -2.35. The van der Waals surface area contributed by atoms with E-state index in [0.29, 0.717) is 14.7 Å². The van der Waals surface area contributed by atoms with Gasteiger partial charge in [-0.05, 0) is 37.6 Å². The summed E-state index contributed by atoms with van der Waals surface area (Å²) < 4.78 is 47.9. The number of hydrogen-bond donors (Lipinski definition) is 1. The molecule has 0 spiro atoms. The molecule has 0 aliphatic heterocycles. The second-order valence-electron chi connectivity index (χ2n) is 7.72. The Labute approximate surface area is 198 Å².